The number of nitrogens with two attached hydrogens (primary N) is 1. The molecule has 0 bridgehead atoms. The first-order valence-corrected chi connectivity index (χ1v) is 5.66. The molecule has 1 aliphatic carbocycles. The van der Waals surface area contributed by atoms with Gasteiger partial charge < -0.3 is 11.1 Å². The maximum Gasteiger partial charge on any atom is 0.416 e. The van der Waals surface area contributed by atoms with Gasteiger partial charge in [-0.3, -0.25) is 0 Å². The summed E-state index contributed by atoms with van der Waals surface area (Å²) in [6.45, 7) is 0. The van der Waals surface area contributed by atoms with E-state index in [1.165, 1.54) is 6.07 Å². The second-order valence-electron chi connectivity index (χ2n) is 4.42. The van der Waals surface area contributed by atoms with Crippen LogP contribution in [0.1, 0.15) is 24.8 Å². The molecule has 2 atom stereocenters. The molecule has 1 aromatic carbocycles. The van der Waals surface area contributed by atoms with Crippen molar-refractivity contribution in [3.8, 4) is 0 Å². The summed E-state index contributed by atoms with van der Waals surface area (Å²) in [5, 5.41) is 3.08. The highest BCUT2D eigenvalue weighted by molar-refractivity contribution is 5.47. The van der Waals surface area contributed by atoms with Gasteiger partial charge in [-0.05, 0) is 37.5 Å². The van der Waals surface area contributed by atoms with Crippen molar-refractivity contribution in [2.45, 2.75) is 37.5 Å². The van der Waals surface area contributed by atoms with Gasteiger partial charge >= 0.3 is 6.18 Å². The zero-order valence-electron chi connectivity index (χ0n) is 9.30. The lowest BCUT2D eigenvalue weighted by Crippen LogP contribution is -2.35. The van der Waals surface area contributed by atoms with E-state index in [-0.39, 0.29) is 12.1 Å². The monoisotopic (exact) mass is 244 g/mol. The summed E-state index contributed by atoms with van der Waals surface area (Å²) in [7, 11) is 0. The summed E-state index contributed by atoms with van der Waals surface area (Å²) in [6.07, 6.45) is -1.43. The highest BCUT2D eigenvalue weighted by Crippen LogP contribution is 2.31. The molecule has 0 saturated heterocycles. The van der Waals surface area contributed by atoms with Crippen LogP contribution in [-0.4, -0.2) is 12.1 Å². The summed E-state index contributed by atoms with van der Waals surface area (Å²) >= 11 is 0. The van der Waals surface area contributed by atoms with Gasteiger partial charge in [0.1, 0.15) is 0 Å². The molecule has 1 aromatic rings. The lowest BCUT2D eigenvalue weighted by Gasteiger charge is -2.19. The standard InChI is InChI=1S/C12H15F3N2/c13-12(14,15)8-3-1-4-9(7-8)17-11-6-2-5-10(11)16/h1,3-4,7,10-11,17H,2,5-6,16H2/t10-,11-/m0/s1. The van der Waals surface area contributed by atoms with Gasteiger partial charge in [0.15, 0.2) is 0 Å². The average molecular weight is 244 g/mol. The summed E-state index contributed by atoms with van der Waals surface area (Å²) in [5.41, 5.74) is 5.72. The summed E-state index contributed by atoms with van der Waals surface area (Å²) in [6, 6.07) is 5.36. The third-order valence-electron chi connectivity index (χ3n) is 3.11. The van der Waals surface area contributed by atoms with Gasteiger partial charge in [-0.15, -0.1) is 0 Å². The lowest BCUT2D eigenvalue weighted by atomic mass is 10.1. The van der Waals surface area contributed by atoms with Crippen LogP contribution in [0.25, 0.3) is 0 Å². The summed E-state index contributed by atoms with van der Waals surface area (Å²) in [4.78, 5) is 0. The minimum atomic E-state index is -4.30. The topological polar surface area (TPSA) is 38.0 Å². The minimum Gasteiger partial charge on any atom is -0.381 e. The van der Waals surface area contributed by atoms with E-state index in [1.807, 2.05) is 0 Å². The fraction of sp³-hybridized carbons (Fsp3) is 0.500. The molecule has 1 aliphatic rings. The SMILES string of the molecule is N[C@H]1CCC[C@@H]1Nc1cccc(C(F)(F)F)c1. The second-order valence-corrected chi connectivity index (χ2v) is 4.42. The zero-order chi connectivity index (χ0) is 12.5. The molecule has 2 rings (SSSR count). The van der Waals surface area contributed by atoms with Gasteiger partial charge in [0.25, 0.3) is 0 Å². The third-order valence-corrected chi connectivity index (χ3v) is 3.11. The van der Waals surface area contributed by atoms with Gasteiger partial charge in [-0.1, -0.05) is 6.07 Å². The Labute approximate surface area is 98.0 Å². The first-order valence-electron chi connectivity index (χ1n) is 5.66. The fourth-order valence-corrected chi connectivity index (χ4v) is 2.17. The Morgan fingerprint density at radius 2 is 2.00 bits per heavy atom. The lowest BCUT2D eigenvalue weighted by molar-refractivity contribution is -0.137. The minimum absolute atomic E-state index is 0.0320. The van der Waals surface area contributed by atoms with E-state index in [4.69, 9.17) is 5.73 Å². The number of hydrogen-bond acceptors (Lipinski definition) is 2. The van der Waals surface area contributed by atoms with Crippen molar-refractivity contribution in [3.05, 3.63) is 29.8 Å². The normalized spacial score (nSPS) is 24.9. The smallest absolute Gasteiger partial charge is 0.381 e. The van der Waals surface area contributed by atoms with E-state index in [9.17, 15) is 13.2 Å². The highest BCUT2D eigenvalue weighted by atomic mass is 19.4. The van der Waals surface area contributed by atoms with Crippen LogP contribution in [0.2, 0.25) is 0 Å². The Balaban J connectivity index is 2.11. The molecule has 0 spiro atoms. The summed E-state index contributed by atoms with van der Waals surface area (Å²) in [5.74, 6) is 0. The molecule has 2 nitrogen and oxygen atoms in total. The molecule has 1 fully saturated rings. The molecule has 0 aromatic heterocycles. The van der Waals surface area contributed by atoms with Gasteiger partial charge in [-0.25, -0.2) is 0 Å². The maximum absolute atomic E-state index is 12.5. The van der Waals surface area contributed by atoms with Crippen molar-refractivity contribution >= 4 is 5.69 Å². The van der Waals surface area contributed by atoms with Crippen LogP contribution in [0.3, 0.4) is 0 Å². The van der Waals surface area contributed by atoms with Crippen LogP contribution in [-0.2, 0) is 6.18 Å². The van der Waals surface area contributed by atoms with Crippen LogP contribution < -0.4 is 11.1 Å². The van der Waals surface area contributed by atoms with Crippen molar-refractivity contribution in [1.29, 1.82) is 0 Å². The largest absolute Gasteiger partial charge is 0.416 e. The number of alkyl halides is 3. The Hall–Kier alpha value is -1.23. The van der Waals surface area contributed by atoms with E-state index in [0.717, 1.165) is 31.4 Å². The van der Waals surface area contributed by atoms with Gasteiger partial charge in [-0.2, -0.15) is 13.2 Å². The Kier molecular flexibility index (Phi) is 3.28. The van der Waals surface area contributed by atoms with Crippen LogP contribution in [0, 0.1) is 0 Å². The molecule has 0 radical (unpaired) electrons. The number of nitrogens with one attached hydrogen (secondary N) is 1. The van der Waals surface area contributed by atoms with Crippen LogP contribution in [0.4, 0.5) is 18.9 Å². The van der Waals surface area contributed by atoms with Gasteiger partial charge in [0, 0.05) is 17.8 Å². The van der Waals surface area contributed by atoms with E-state index in [2.05, 4.69) is 5.32 Å². The predicted octanol–water partition coefficient (Wildman–Crippen LogP) is 3.00. The van der Waals surface area contributed by atoms with Gasteiger partial charge in [0.05, 0.1) is 5.56 Å². The molecule has 1 saturated carbocycles. The number of anilines is 1. The van der Waals surface area contributed by atoms with Gasteiger partial charge in [0.2, 0.25) is 0 Å². The zero-order valence-corrected chi connectivity index (χ0v) is 9.30. The van der Waals surface area contributed by atoms with Crippen molar-refractivity contribution in [1.82, 2.24) is 0 Å². The van der Waals surface area contributed by atoms with Crippen LogP contribution in [0.15, 0.2) is 24.3 Å². The molecular weight excluding hydrogens is 229 g/mol. The molecule has 3 N–H and O–H groups in total. The number of halogens is 3. The molecule has 94 valence electrons. The quantitative estimate of drug-likeness (QED) is 0.839. The van der Waals surface area contributed by atoms with Crippen molar-refractivity contribution < 1.29 is 13.2 Å². The van der Waals surface area contributed by atoms with Crippen molar-refractivity contribution in [2.75, 3.05) is 5.32 Å². The average Bonchev–Trinajstić information content (AvgIpc) is 2.64. The Bertz CT molecular complexity index is 390. The second kappa shape index (κ2) is 4.56. The summed E-state index contributed by atoms with van der Waals surface area (Å²) < 4.78 is 37.5. The van der Waals surface area contributed by atoms with Crippen molar-refractivity contribution in [2.24, 2.45) is 5.73 Å². The third kappa shape index (κ3) is 2.91. The van der Waals surface area contributed by atoms with Crippen LogP contribution in [0.5, 0.6) is 0 Å². The molecular formula is C12H15F3N2. The van der Waals surface area contributed by atoms with Crippen LogP contribution >= 0.6 is 0 Å². The molecule has 0 unspecified atom stereocenters. The predicted molar refractivity (Wildman–Crippen MR) is 60.7 cm³/mol. The van der Waals surface area contributed by atoms with E-state index < -0.39 is 11.7 Å². The first-order chi connectivity index (χ1) is 7.97. The number of benzene rings is 1. The van der Waals surface area contributed by atoms with Crippen molar-refractivity contribution in [3.63, 3.8) is 0 Å². The van der Waals surface area contributed by atoms with E-state index >= 15 is 0 Å². The fourth-order valence-electron chi connectivity index (χ4n) is 2.17. The molecule has 0 heterocycles. The Morgan fingerprint density at radius 3 is 2.59 bits per heavy atom. The molecule has 5 heteroatoms. The molecule has 0 aliphatic heterocycles. The highest BCUT2D eigenvalue weighted by Gasteiger charge is 2.31. The number of rotatable bonds is 2. The first kappa shape index (κ1) is 12.2. The molecule has 17 heavy (non-hydrogen) atoms. The number of hydrogen-bond donors (Lipinski definition) is 2. The molecule has 0 amide bonds. The Morgan fingerprint density at radius 1 is 1.24 bits per heavy atom. The maximum atomic E-state index is 12.5. The van der Waals surface area contributed by atoms with E-state index in [1.54, 1.807) is 6.07 Å². The van der Waals surface area contributed by atoms with E-state index in [0.29, 0.717) is 5.69 Å².